The van der Waals surface area contributed by atoms with Gasteiger partial charge in [0.25, 0.3) is 0 Å². The molecule has 0 aromatic heterocycles. The molecule has 5 rings (SSSR count). The molecule has 2 aromatic rings. The van der Waals surface area contributed by atoms with Gasteiger partial charge in [-0.3, -0.25) is 9.59 Å². The van der Waals surface area contributed by atoms with Crippen molar-refractivity contribution >= 4 is 22.6 Å². The van der Waals surface area contributed by atoms with Gasteiger partial charge in [-0.15, -0.1) is 0 Å². The maximum atomic E-state index is 13.1. The van der Waals surface area contributed by atoms with Crippen molar-refractivity contribution in [3.8, 4) is 0 Å². The van der Waals surface area contributed by atoms with E-state index >= 15 is 0 Å². The normalized spacial score (nSPS) is 28.4. The molecular formula is C27H34N2O2. The largest absolute Gasteiger partial charge is 0.350 e. The Morgan fingerprint density at radius 3 is 2.65 bits per heavy atom. The van der Waals surface area contributed by atoms with Gasteiger partial charge in [-0.2, -0.15) is 0 Å². The quantitative estimate of drug-likeness (QED) is 0.755. The fourth-order valence-electron chi connectivity index (χ4n) is 6.25. The Hall–Kier alpha value is -2.36. The molecule has 4 heteroatoms. The van der Waals surface area contributed by atoms with Crippen LogP contribution in [0.1, 0.15) is 63.4 Å². The third-order valence-electron chi connectivity index (χ3n) is 8.05. The van der Waals surface area contributed by atoms with Crippen molar-refractivity contribution in [2.75, 3.05) is 13.1 Å². The van der Waals surface area contributed by atoms with Gasteiger partial charge in [0.05, 0.1) is 0 Å². The van der Waals surface area contributed by atoms with Crippen LogP contribution in [0.4, 0.5) is 0 Å². The number of rotatable bonds is 5. The molecule has 164 valence electrons. The molecule has 31 heavy (non-hydrogen) atoms. The van der Waals surface area contributed by atoms with Crippen molar-refractivity contribution in [3.63, 3.8) is 0 Å². The van der Waals surface area contributed by atoms with Crippen molar-refractivity contribution in [2.45, 2.75) is 69.7 Å². The van der Waals surface area contributed by atoms with E-state index in [-0.39, 0.29) is 17.4 Å². The smallest absolute Gasteiger partial charge is 0.222 e. The summed E-state index contributed by atoms with van der Waals surface area (Å²) < 4.78 is 0. The van der Waals surface area contributed by atoms with Crippen LogP contribution in [0.5, 0.6) is 0 Å². The lowest BCUT2D eigenvalue weighted by Crippen LogP contribution is -2.47. The van der Waals surface area contributed by atoms with E-state index in [1.54, 1.807) is 0 Å². The summed E-state index contributed by atoms with van der Waals surface area (Å²) in [6, 6.07) is 14.9. The Labute approximate surface area is 185 Å². The number of amides is 2. The van der Waals surface area contributed by atoms with E-state index in [1.165, 1.54) is 48.4 Å². The summed E-state index contributed by atoms with van der Waals surface area (Å²) >= 11 is 0. The number of carbonyl (C=O) groups is 2. The minimum absolute atomic E-state index is 0.122. The minimum Gasteiger partial charge on any atom is -0.350 e. The van der Waals surface area contributed by atoms with Gasteiger partial charge in [-0.05, 0) is 60.3 Å². The van der Waals surface area contributed by atoms with Crippen LogP contribution < -0.4 is 5.32 Å². The van der Waals surface area contributed by atoms with E-state index in [9.17, 15) is 9.59 Å². The second-order valence-corrected chi connectivity index (χ2v) is 10.1. The van der Waals surface area contributed by atoms with E-state index in [0.717, 1.165) is 38.3 Å². The maximum Gasteiger partial charge on any atom is 0.222 e. The first-order chi connectivity index (χ1) is 15.1. The van der Waals surface area contributed by atoms with Gasteiger partial charge in [-0.25, -0.2) is 0 Å². The van der Waals surface area contributed by atoms with Crippen molar-refractivity contribution in [3.05, 3.63) is 48.0 Å². The first-order valence-corrected chi connectivity index (χ1v) is 12.2. The monoisotopic (exact) mass is 418 g/mol. The third-order valence-corrected chi connectivity index (χ3v) is 8.05. The van der Waals surface area contributed by atoms with E-state index < -0.39 is 0 Å². The molecule has 0 radical (unpaired) electrons. The fourth-order valence-corrected chi connectivity index (χ4v) is 6.25. The van der Waals surface area contributed by atoms with Gasteiger partial charge in [0.15, 0.2) is 0 Å². The van der Waals surface area contributed by atoms with Crippen molar-refractivity contribution in [1.29, 1.82) is 0 Å². The molecule has 3 atom stereocenters. The molecule has 4 nitrogen and oxygen atoms in total. The number of carbonyl (C=O) groups excluding carboxylic acids is 2. The molecule has 3 fully saturated rings. The molecule has 1 aliphatic carbocycles. The van der Waals surface area contributed by atoms with Gasteiger partial charge in [-0.1, -0.05) is 61.7 Å². The standard InChI is InChI=1S/C27H34N2O2/c30-25-11-14-27(28-25,18-20-9-10-21-5-1-3-7-23(21)17-20)15-12-26(31)29-16-13-22-6-2-4-8-24(22)19-29/h1,3,5,7,9-10,17,22,24H,2,4,6,8,11-16,18-19H2,(H,28,30)/t22-,24-,27-/m0/s1. The number of likely N-dealkylation sites (tertiary alicyclic amines) is 1. The molecule has 0 unspecified atom stereocenters. The third kappa shape index (κ3) is 4.49. The van der Waals surface area contributed by atoms with Crippen molar-refractivity contribution < 1.29 is 9.59 Å². The van der Waals surface area contributed by atoms with Crippen LogP contribution in [0, 0.1) is 11.8 Å². The Bertz CT molecular complexity index is 971. The van der Waals surface area contributed by atoms with Crippen LogP contribution in [0.3, 0.4) is 0 Å². The second-order valence-electron chi connectivity index (χ2n) is 10.1. The Morgan fingerprint density at radius 2 is 1.84 bits per heavy atom. The Morgan fingerprint density at radius 1 is 1.03 bits per heavy atom. The lowest BCUT2D eigenvalue weighted by molar-refractivity contribution is -0.135. The van der Waals surface area contributed by atoms with Crippen molar-refractivity contribution in [2.24, 2.45) is 11.8 Å². The average Bonchev–Trinajstić information content (AvgIpc) is 3.17. The second kappa shape index (κ2) is 8.64. The predicted octanol–water partition coefficient (Wildman–Crippen LogP) is 4.85. The van der Waals surface area contributed by atoms with Crippen molar-refractivity contribution in [1.82, 2.24) is 10.2 Å². The van der Waals surface area contributed by atoms with Gasteiger partial charge < -0.3 is 10.2 Å². The van der Waals surface area contributed by atoms with Gasteiger partial charge in [0.2, 0.25) is 11.8 Å². The minimum atomic E-state index is -0.293. The van der Waals surface area contributed by atoms with E-state index in [4.69, 9.17) is 0 Å². The number of nitrogens with zero attached hydrogens (tertiary/aromatic N) is 1. The topological polar surface area (TPSA) is 49.4 Å². The molecule has 0 spiro atoms. The molecule has 3 aliphatic rings. The zero-order valence-corrected chi connectivity index (χ0v) is 18.4. The Balaban J connectivity index is 1.25. The number of hydrogen-bond acceptors (Lipinski definition) is 2. The molecule has 2 amide bonds. The summed E-state index contributed by atoms with van der Waals surface area (Å²) in [6.07, 6.45) is 9.95. The zero-order valence-electron chi connectivity index (χ0n) is 18.4. The average molecular weight is 419 g/mol. The van der Waals surface area contributed by atoms with Crippen LogP contribution in [0.15, 0.2) is 42.5 Å². The van der Waals surface area contributed by atoms with E-state index in [1.807, 2.05) is 0 Å². The molecule has 2 saturated heterocycles. The lowest BCUT2D eigenvalue weighted by atomic mass is 9.75. The van der Waals surface area contributed by atoms with Crippen LogP contribution in [-0.2, 0) is 16.0 Å². The highest BCUT2D eigenvalue weighted by atomic mass is 16.2. The van der Waals surface area contributed by atoms with Crippen LogP contribution >= 0.6 is 0 Å². The van der Waals surface area contributed by atoms with Crippen LogP contribution in [0.2, 0.25) is 0 Å². The summed E-state index contributed by atoms with van der Waals surface area (Å²) in [6.45, 7) is 1.87. The first-order valence-electron chi connectivity index (χ1n) is 12.2. The molecule has 2 heterocycles. The highest BCUT2D eigenvalue weighted by molar-refractivity contribution is 5.83. The number of hydrogen-bond donors (Lipinski definition) is 1. The molecular weight excluding hydrogens is 384 g/mol. The van der Waals surface area contributed by atoms with Crippen LogP contribution in [-0.4, -0.2) is 35.3 Å². The first kappa shape index (κ1) is 20.5. The van der Waals surface area contributed by atoms with Gasteiger partial charge in [0.1, 0.15) is 0 Å². The Kier molecular flexibility index (Phi) is 5.73. The summed E-state index contributed by atoms with van der Waals surface area (Å²) in [5, 5.41) is 5.72. The summed E-state index contributed by atoms with van der Waals surface area (Å²) in [5.74, 6) is 1.95. The summed E-state index contributed by atoms with van der Waals surface area (Å²) in [5.41, 5.74) is 0.939. The summed E-state index contributed by atoms with van der Waals surface area (Å²) in [7, 11) is 0. The number of nitrogens with one attached hydrogen (secondary N) is 1. The number of piperidine rings is 1. The lowest BCUT2D eigenvalue weighted by Gasteiger charge is -2.41. The molecule has 0 bridgehead atoms. The maximum absolute atomic E-state index is 13.1. The van der Waals surface area contributed by atoms with E-state index in [0.29, 0.717) is 18.8 Å². The van der Waals surface area contributed by atoms with Gasteiger partial charge in [0, 0.05) is 31.5 Å². The molecule has 1 N–H and O–H groups in total. The fraction of sp³-hybridized carbons (Fsp3) is 0.556. The highest BCUT2D eigenvalue weighted by Gasteiger charge is 2.39. The number of benzene rings is 2. The molecule has 2 aromatic carbocycles. The number of fused-ring (bicyclic) bond motifs is 2. The SMILES string of the molecule is O=C1CC[C@](CCC(=O)N2CC[C@@H]3CCCC[C@H]3C2)(Cc2ccc3ccccc3c2)N1. The predicted molar refractivity (Wildman–Crippen MR) is 124 cm³/mol. The summed E-state index contributed by atoms with van der Waals surface area (Å²) in [4.78, 5) is 27.4. The molecule has 2 aliphatic heterocycles. The van der Waals surface area contributed by atoms with Crippen LogP contribution in [0.25, 0.3) is 10.8 Å². The zero-order chi connectivity index (χ0) is 21.3. The van der Waals surface area contributed by atoms with Gasteiger partial charge >= 0.3 is 0 Å². The molecule has 1 saturated carbocycles. The highest BCUT2D eigenvalue weighted by Crippen LogP contribution is 2.37. The van der Waals surface area contributed by atoms with E-state index in [2.05, 4.69) is 52.7 Å².